The molecule has 0 saturated carbocycles. The Morgan fingerprint density at radius 1 is 0.788 bits per heavy atom. The molecule has 0 atom stereocenters. The van der Waals surface area contributed by atoms with E-state index in [1.54, 1.807) is 11.8 Å². The summed E-state index contributed by atoms with van der Waals surface area (Å²) in [7, 11) is 1.63. The number of para-hydroxylation sites is 2. The third kappa shape index (κ3) is 4.30. The Balaban J connectivity index is 1.41. The number of hydrogen-bond acceptors (Lipinski definition) is 5. The Bertz CT molecular complexity index is 1210. The monoisotopic (exact) mass is 439 g/mol. The average molecular weight is 440 g/mol. The van der Waals surface area contributed by atoms with Gasteiger partial charge < -0.3 is 14.5 Å². The second kappa shape index (κ2) is 9.16. The van der Waals surface area contributed by atoms with Crippen LogP contribution in [0.2, 0.25) is 0 Å². The predicted molar refractivity (Wildman–Crippen MR) is 128 cm³/mol. The Labute approximate surface area is 192 Å². The quantitative estimate of drug-likeness (QED) is 0.472. The first-order chi connectivity index (χ1) is 16.2. The molecule has 166 valence electrons. The Kier molecular flexibility index (Phi) is 5.76. The van der Waals surface area contributed by atoms with Gasteiger partial charge in [0.2, 0.25) is 5.82 Å². The maximum Gasteiger partial charge on any atom is 0.293 e. The van der Waals surface area contributed by atoms with Crippen LogP contribution in [-0.4, -0.2) is 58.9 Å². The zero-order valence-electron chi connectivity index (χ0n) is 18.5. The van der Waals surface area contributed by atoms with Gasteiger partial charge in [0, 0.05) is 37.4 Å². The standard InChI is InChI=1S/C26H25N5O2/c1-33-23-14-12-20(13-15-23)25-27-24(28-31(25)22-10-6-3-7-11-22)26(32)30-18-16-29(17-19-30)21-8-4-2-5-9-21/h2-15H,16-19H2,1H3. The smallest absolute Gasteiger partial charge is 0.293 e. The van der Waals surface area contributed by atoms with Crippen molar-refractivity contribution in [1.29, 1.82) is 0 Å². The fourth-order valence-corrected chi connectivity index (χ4v) is 4.03. The van der Waals surface area contributed by atoms with Gasteiger partial charge in [-0.1, -0.05) is 36.4 Å². The minimum atomic E-state index is -0.146. The molecule has 1 aliphatic rings. The number of piperazine rings is 1. The number of rotatable bonds is 5. The molecule has 2 heterocycles. The van der Waals surface area contributed by atoms with Gasteiger partial charge in [-0.3, -0.25) is 4.79 Å². The lowest BCUT2D eigenvalue weighted by atomic mass is 10.2. The van der Waals surface area contributed by atoms with Crippen LogP contribution in [0.5, 0.6) is 5.75 Å². The summed E-state index contributed by atoms with van der Waals surface area (Å²) >= 11 is 0. The van der Waals surface area contributed by atoms with Crippen molar-refractivity contribution in [3.8, 4) is 22.8 Å². The summed E-state index contributed by atoms with van der Waals surface area (Å²) in [6.45, 7) is 2.82. The molecule has 0 unspecified atom stereocenters. The van der Waals surface area contributed by atoms with Gasteiger partial charge in [-0.15, -0.1) is 5.10 Å². The van der Waals surface area contributed by atoms with Crippen molar-refractivity contribution in [3.05, 3.63) is 90.8 Å². The topological polar surface area (TPSA) is 63.5 Å². The molecule has 33 heavy (non-hydrogen) atoms. The van der Waals surface area contributed by atoms with Gasteiger partial charge in [-0.25, -0.2) is 9.67 Å². The first-order valence-electron chi connectivity index (χ1n) is 11.0. The first-order valence-corrected chi connectivity index (χ1v) is 11.0. The second-order valence-electron chi connectivity index (χ2n) is 7.85. The van der Waals surface area contributed by atoms with Crippen molar-refractivity contribution in [1.82, 2.24) is 19.7 Å². The highest BCUT2D eigenvalue weighted by Crippen LogP contribution is 2.24. The number of benzene rings is 3. The summed E-state index contributed by atoms with van der Waals surface area (Å²) in [6.07, 6.45) is 0. The van der Waals surface area contributed by atoms with Crippen LogP contribution >= 0.6 is 0 Å². The van der Waals surface area contributed by atoms with Gasteiger partial charge in [0.1, 0.15) is 5.75 Å². The fourth-order valence-electron chi connectivity index (χ4n) is 4.03. The van der Waals surface area contributed by atoms with Crippen molar-refractivity contribution in [2.45, 2.75) is 0 Å². The number of anilines is 1. The Hall–Kier alpha value is -4.13. The normalized spacial score (nSPS) is 13.7. The van der Waals surface area contributed by atoms with Gasteiger partial charge in [0.15, 0.2) is 5.82 Å². The number of carbonyl (C=O) groups is 1. The summed E-state index contributed by atoms with van der Waals surface area (Å²) in [5, 5.41) is 4.62. The highest BCUT2D eigenvalue weighted by molar-refractivity contribution is 5.91. The van der Waals surface area contributed by atoms with E-state index in [1.807, 2.05) is 77.7 Å². The van der Waals surface area contributed by atoms with E-state index < -0.39 is 0 Å². The van der Waals surface area contributed by atoms with Crippen molar-refractivity contribution >= 4 is 11.6 Å². The molecule has 0 bridgehead atoms. The van der Waals surface area contributed by atoms with E-state index in [4.69, 9.17) is 4.74 Å². The average Bonchev–Trinajstić information content (AvgIpc) is 3.35. The van der Waals surface area contributed by atoms with E-state index in [9.17, 15) is 4.79 Å². The van der Waals surface area contributed by atoms with Gasteiger partial charge in [0.05, 0.1) is 12.8 Å². The molecule has 4 aromatic rings. The number of carbonyl (C=O) groups excluding carboxylic acids is 1. The molecule has 7 nitrogen and oxygen atoms in total. The number of amides is 1. The zero-order valence-corrected chi connectivity index (χ0v) is 18.5. The maximum atomic E-state index is 13.3. The molecule has 0 spiro atoms. The first kappa shape index (κ1) is 20.8. The van der Waals surface area contributed by atoms with E-state index in [2.05, 4.69) is 27.1 Å². The van der Waals surface area contributed by atoms with Crippen LogP contribution in [0, 0.1) is 0 Å². The predicted octanol–water partition coefficient (Wildman–Crippen LogP) is 3.91. The summed E-state index contributed by atoms with van der Waals surface area (Å²) < 4.78 is 7.01. The molecule has 1 amide bonds. The SMILES string of the molecule is COc1ccc(-c2nc(C(=O)N3CCN(c4ccccc4)CC3)nn2-c2ccccc2)cc1. The molecule has 0 radical (unpaired) electrons. The molecule has 5 rings (SSSR count). The number of hydrogen-bond donors (Lipinski definition) is 0. The number of methoxy groups -OCH3 is 1. The maximum absolute atomic E-state index is 13.3. The van der Waals surface area contributed by atoms with Crippen LogP contribution in [0.25, 0.3) is 17.1 Å². The molecular weight excluding hydrogens is 414 g/mol. The van der Waals surface area contributed by atoms with Gasteiger partial charge in [0.25, 0.3) is 5.91 Å². The van der Waals surface area contributed by atoms with E-state index in [-0.39, 0.29) is 11.7 Å². The zero-order chi connectivity index (χ0) is 22.6. The van der Waals surface area contributed by atoms with E-state index in [0.717, 1.165) is 30.1 Å². The molecule has 1 fully saturated rings. The minimum Gasteiger partial charge on any atom is -0.497 e. The van der Waals surface area contributed by atoms with Crippen molar-refractivity contribution < 1.29 is 9.53 Å². The molecule has 3 aromatic carbocycles. The molecule has 1 aliphatic heterocycles. The van der Waals surface area contributed by atoms with Gasteiger partial charge >= 0.3 is 0 Å². The highest BCUT2D eigenvalue weighted by atomic mass is 16.5. The van der Waals surface area contributed by atoms with Gasteiger partial charge in [-0.2, -0.15) is 0 Å². The lowest BCUT2D eigenvalue weighted by Crippen LogP contribution is -2.49. The lowest BCUT2D eigenvalue weighted by molar-refractivity contribution is 0.0734. The molecular formula is C26H25N5O2. The summed E-state index contributed by atoms with van der Waals surface area (Å²) in [5.41, 5.74) is 2.89. The van der Waals surface area contributed by atoms with Crippen molar-refractivity contribution in [2.24, 2.45) is 0 Å². The highest BCUT2D eigenvalue weighted by Gasteiger charge is 2.27. The summed E-state index contributed by atoms with van der Waals surface area (Å²) in [4.78, 5) is 22.1. The van der Waals surface area contributed by atoms with Crippen LogP contribution in [0.1, 0.15) is 10.6 Å². The third-order valence-corrected chi connectivity index (χ3v) is 5.84. The van der Waals surface area contributed by atoms with E-state index in [0.29, 0.717) is 18.9 Å². The molecule has 1 aromatic heterocycles. The Morgan fingerprint density at radius 2 is 1.39 bits per heavy atom. The van der Waals surface area contributed by atoms with Crippen LogP contribution in [0.15, 0.2) is 84.9 Å². The van der Waals surface area contributed by atoms with Gasteiger partial charge in [-0.05, 0) is 48.5 Å². The van der Waals surface area contributed by atoms with Crippen LogP contribution in [0.4, 0.5) is 5.69 Å². The minimum absolute atomic E-state index is 0.146. The fraction of sp³-hybridized carbons (Fsp3) is 0.192. The van der Waals surface area contributed by atoms with Crippen molar-refractivity contribution in [2.75, 3.05) is 38.2 Å². The van der Waals surface area contributed by atoms with E-state index in [1.165, 1.54) is 5.69 Å². The third-order valence-electron chi connectivity index (χ3n) is 5.84. The molecule has 0 N–H and O–H groups in total. The van der Waals surface area contributed by atoms with Crippen LogP contribution < -0.4 is 9.64 Å². The van der Waals surface area contributed by atoms with E-state index >= 15 is 0 Å². The summed E-state index contributed by atoms with van der Waals surface area (Å²) in [5.74, 6) is 1.44. The summed E-state index contributed by atoms with van der Waals surface area (Å²) in [6, 6.07) is 27.6. The lowest BCUT2D eigenvalue weighted by Gasteiger charge is -2.35. The largest absolute Gasteiger partial charge is 0.497 e. The molecule has 0 aliphatic carbocycles. The number of nitrogens with zero attached hydrogens (tertiary/aromatic N) is 5. The number of ether oxygens (including phenoxy) is 1. The Morgan fingerprint density at radius 3 is 2.00 bits per heavy atom. The second-order valence-corrected chi connectivity index (χ2v) is 7.85. The molecule has 1 saturated heterocycles. The van der Waals surface area contributed by atoms with Crippen LogP contribution in [0.3, 0.4) is 0 Å². The van der Waals surface area contributed by atoms with Crippen molar-refractivity contribution in [3.63, 3.8) is 0 Å². The number of aromatic nitrogens is 3. The van der Waals surface area contributed by atoms with Crippen LogP contribution in [-0.2, 0) is 0 Å². The molecule has 7 heteroatoms.